The van der Waals surface area contributed by atoms with Gasteiger partial charge in [-0.2, -0.15) is 0 Å². The van der Waals surface area contributed by atoms with Crippen LogP contribution in [0.2, 0.25) is 0 Å². The lowest BCUT2D eigenvalue weighted by Gasteiger charge is -2.13. The van der Waals surface area contributed by atoms with Crippen LogP contribution in [0.5, 0.6) is 0 Å². The number of hydrogen-bond donors (Lipinski definition) is 2. The minimum Gasteiger partial charge on any atom is -0.303 e. The standard InChI is InChI=1S/C9H10ClN3O/c10-9-7(5-14)8(12-13-9)6-1-3-11-4-2-6/h1-5,7-9,12-13H. The Morgan fingerprint density at radius 3 is 2.71 bits per heavy atom. The molecule has 3 atom stereocenters. The molecular weight excluding hydrogens is 202 g/mol. The fraction of sp³-hybridized carbons (Fsp3) is 0.333. The quantitative estimate of drug-likeness (QED) is 0.428. The van der Waals surface area contributed by atoms with Crippen molar-refractivity contribution in [2.45, 2.75) is 11.5 Å². The summed E-state index contributed by atoms with van der Waals surface area (Å²) < 4.78 is 0. The molecule has 1 aliphatic heterocycles. The smallest absolute Gasteiger partial charge is 0.127 e. The van der Waals surface area contributed by atoms with E-state index >= 15 is 0 Å². The summed E-state index contributed by atoms with van der Waals surface area (Å²) in [4.78, 5) is 14.7. The first kappa shape index (κ1) is 9.58. The Hall–Kier alpha value is -0.970. The van der Waals surface area contributed by atoms with E-state index in [0.717, 1.165) is 11.8 Å². The third-order valence-electron chi connectivity index (χ3n) is 2.32. The van der Waals surface area contributed by atoms with Crippen LogP contribution in [0.3, 0.4) is 0 Å². The van der Waals surface area contributed by atoms with Gasteiger partial charge < -0.3 is 4.79 Å². The van der Waals surface area contributed by atoms with Gasteiger partial charge in [-0.1, -0.05) is 0 Å². The Bertz CT molecular complexity index is 319. The molecule has 0 aromatic carbocycles. The Morgan fingerprint density at radius 1 is 1.36 bits per heavy atom. The first-order valence-electron chi connectivity index (χ1n) is 4.33. The number of alkyl halides is 1. The molecule has 0 bridgehead atoms. The van der Waals surface area contributed by atoms with Gasteiger partial charge in [-0.25, -0.2) is 10.9 Å². The second kappa shape index (κ2) is 4.04. The number of hydrazine groups is 1. The van der Waals surface area contributed by atoms with Crippen molar-refractivity contribution < 1.29 is 4.79 Å². The predicted molar refractivity (Wildman–Crippen MR) is 52.4 cm³/mol. The Balaban J connectivity index is 2.23. The first-order chi connectivity index (χ1) is 6.83. The fourth-order valence-electron chi connectivity index (χ4n) is 1.55. The molecule has 0 saturated carbocycles. The lowest BCUT2D eigenvalue weighted by Crippen LogP contribution is -2.27. The molecule has 1 aromatic rings. The molecule has 2 heterocycles. The average molecular weight is 212 g/mol. The zero-order chi connectivity index (χ0) is 9.97. The molecule has 1 fully saturated rings. The summed E-state index contributed by atoms with van der Waals surface area (Å²) in [6.45, 7) is 0. The fourth-order valence-corrected chi connectivity index (χ4v) is 1.82. The maximum atomic E-state index is 10.8. The van der Waals surface area contributed by atoms with Gasteiger partial charge in [0.1, 0.15) is 11.8 Å². The number of aldehydes is 1. The molecule has 0 spiro atoms. The molecule has 2 N–H and O–H groups in total. The van der Waals surface area contributed by atoms with Gasteiger partial charge >= 0.3 is 0 Å². The second-order valence-corrected chi connectivity index (χ2v) is 3.63. The monoisotopic (exact) mass is 211 g/mol. The van der Waals surface area contributed by atoms with Gasteiger partial charge in [0.2, 0.25) is 0 Å². The zero-order valence-corrected chi connectivity index (χ0v) is 8.11. The molecule has 5 heteroatoms. The molecule has 2 rings (SSSR count). The predicted octanol–water partition coefficient (Wildman–Crippen LogP) is 0.611. The van der Waals surface area contributed by atoms with Crippen LogP contribution in [-0.2, 0) is 4.79 Å². The number of hydrogen-bond acceptors (Lipinski definition) is 4. The first-order valence-corrected chi connectivity index (χ1v) is 4.77. The lowest BCUT2D eigenvalue weighted by atomic mass is 9.97. The van der Waals surface area contributed by atoms with Crippen LogP contribution in [0.25, 0.3) is 0 Å². The minimum absolute atomic E-state index is 0.0713. The van der Waals surface area contributed by atoms with Crippen molar-refractivity contribution in [1.82, 2.24) is 15.8 Å². The number of carbonyl (C=O) groups excluding carboxylic acids is 1. The number of rotatable bonds is 2. The summed E-state index contributed by atoms with van der Waals surface area (Å²) in [5, 5.41) is 0. The molecule has 1 aliphatic rings. The largest absolute Gasteiger partial charge is 0.303 e. The molecule has 3 unspecified atom stereocenters. The Labute approximate surface area is 86.6 Å². The van der Waals surface area contributed by atoms with Crippen LogP contribution in [-0.4, -0.2) is 16.8 Å². The van der Waals surface area contributed by atoms with Gasteiger partial charge in [-0.15, -0.1) is 11.6 Å². The highest BCUT2D eigenvalue weighted by Crippen LogP contribution is 2.28. The normalized spacial score (nSPS) is 31.6. The van der Waals surface area contributed by atoms with Crippen molar-refractivity contribution in [2.24, 2.45) is 5.92 Å². The van der Waals surface area contributed by atoms with Crippen molar-refractivity contribution in [3.05, 3.63) is 30.1 Å². The van der Waals surface area contributed by atoms with E-state index in [-0.39, 0.29) is 17.5 Å². The molecular formula is C9H10ClN3O. The summed E-state index contributed by atoms with van der Waals surface area (Å²) in [7, 11) is 0. The molecule has 14 heavy (non-hydrogen) atoms. The van der Waals surface area contributed by atoms with E-state index in [1.807, 2.05) is 12.1 Å². The van der Waals surface area contributed by atoms with Crippen LogP contribution in [0, 0.1) is 5.92 Å². The Kier molecular flexibility index (Phi) is 2.77. The average Bonchev–Trinajstić information content (AvgIpc) is 2.61. The highest BCUT2D eigenvalue weighted by atomic mass is 35.5. The van der Waals surface area contributed by atoms with E-state index in [0.29, 0.717) is 0 Å². The molecule has 1 saturated heterocycles. The maximum Gasteiger partial charge on any atom is 0.127 e. The summed E-state index contributed by atoms with van der Waals surface area (Å²) in [6, 6.07) is 3.66. The maximum absolute atomic E-state index is 10.8. The van der Waals surface area contributed by atoms with Crippen molar-refractivity contribution in [2.75, 3.05) is 0 Å². The Morgan fingerprint density at radius 2 is 2.07 bits per heavy atom. The number of pyridine rings is 1. The number of aromatic nitrogens is 1. The summed E-state index contributed by atoms with van der Waals surface area (Å²) in [6.07, 6.45) is 4.26. The van der Waals surface area contributed by atoms with E-state index in [9.17, 15) is 4.79 Å². The summed E-state index contributed by atoms with van der Waals surface area (Å²) >= 11 is 5.90. The highest BCUT2D eigenvalue weighted by Gasteiger charge is 2.35. The minimum atomic E-state index is -0.356. The van der Waals surface area contributed by atoms with E-state index in [1.54, 1.807) is 12.4 Å². The second-order valence-electron chi connectivity index (χ2n) is 3.16. The van der Waals surface area contributed by atoms with Gasteiger partial charge in [0.25, 0.3) is 0 Å². The van der Waals surface area contributed by atoms with Gasteiger partial charge in [0.15, 0.2) is 0 Å². The highest BCUT2D eigenvalue weighted by molar-refractivity contribution is 6.21. The van der Waals surface area contributed by atoms with E-state index < -0.39 is 0 Å². The van der Waals surface area contributed by atoms with Gasteiger partial charge in [-0.3, -0.25) is 4.98 Å². The van der Waals surface area contributed by atoms with Gasteiger partial charge in [-0.05, 0) is 17.7 Å². The van der Waals surface area contributed by atoms with Crippen LogP contribution < -0.4 is 10.9 Å². The SMILES string of the molecule is O=CC1C(Cl)NNC1c1ccncc1. The number of nitrogens with zero attached hydrogens (tertiary/aromatic N) is 1. The molecule has 0 aliphatic carbocycles. The number of nitrogens with one attached hydrogen (secondary N) is 2. The van der Waals surface area contributed by atoms with Crippen molar-refractivity contribution in [3.8, 4) is 0 Å². The van der Waals surface area contributed by atoms with Gasteiger partial charge in [0.05, 0.1) is 12.0 Å². The van der Waals surface area contributed by atoms with E-state index in [2.05, 4.69) is 15.8 Å². The van der Waals surface area contributed by atoms with Crippen LogP contribution in [0.4, 0.5) is 0 Å². The topological polar surface area (TPSA) is 54.0 Å². The molecule has 0 amide bonds. The summed E-state index contributed by atoms with van der Waals surface area (Å²) in [5.41, 5.74) is 6.47. The zero-order valence-electron chi connectivity index (χ0n) is 7.35. The lowest BCUT2D eigenvalue weighted by molar-refractivity contribution is -0.111. The van der Waals surface area contributed by atoms with Crippen molar-refractivity contribution in [1.29, 1.82) is 0 Å². The van der Waals surface area contributed by atoms with Crippen LogP contribution >= 0.6 is 11.6 Å². The van der Waals surface area contributed by atoms with Crippen molar-refractivity contribution in [3.63, 3.8) is 0 Å². The van der Waals surface area contributed by atoms with E-state index in [1.165, 1.54) is 0 Å². The van der Waals surface area contributed by atoms with E-state index in [4.69, 9.17) is 11.6 Å². The third kappa shape index (κ3) is 1.64. The van der Waals surface area contributed by atoms with Crippen LogP contribution in [0.1, 0.15) is 11.6 Å². The summed E-state index contributed by atoms with van der Waals surface area (Å²) in [5.74, 6) is -0.251. The molecule has 0 radical (unpaired) electrons. The molecule has 4 nitrogen and oxygen atoms in total. The number of carbonyl (C=O) groups is 1. The number of halogens is 1. The van der Waals surface area contributed by atoms with Crippen molar-refractivity contribution >= 4 is 17.9 Å². The third-order valence-corrected chi connectivity index (χ3v) is 2.72. The molecule has 74 valence electrons. The van der Waals surface area contributed by atoms with Crippen LogP contribution in [0.15, 0.2) is 24.5 Å². The van der Waals surface area contributed by atoms with Gasteiger partial charge in [0, 0.05) is 12.4 Å². The molecule has 1 aromatic heterocycles.